The highest BCUT2D eigenvalue weighted by Crippen LogP contribution is 2.26. The van der Waals surface area contributed by atoms with Crippen LogP contribution in [0.2, 0.25) is 0 Å². The van der Waals surface area contributed by atoms with Gasteiger partial charge >= 0.3 is 0 Å². The Morgan fingerprint density at radius 1 is 1.25 bits per heavy atom. The van der Waals surface area contributed by atoms with Gasteiger partial charge in [0.25, 0.3) is 0 Å². The normalized spacial score (nSPS) is 11.2. The zero-order valence-corrected chi connectivity index (χ0v) is 11.1. The third-order valence-electron chi connectivity index (χ3n) is 2.53. The van der Waals surface area contributed by atoms with Gasteiger partial charge in [-0.05, 0) is 6.07 Å². The Hall–Kier alpha value is -2.52. The maximum absolute atomic E-state index is 11.6. The summed E-state index contributed by atoms with van der Waals surface area (Å²) >= 11 is 0. The SMILES string of the molecule is N=C(N)c1c(-c2cncc(N)n2)cccc1S(N)(=O)=O. The van der Waals surface area contributed by atoms with Gasteiger partial charge in [0.15, 0.2) is 0 Å². The highest BCUT2D eigenvalue weighted by atomic mass is 32.2. The molecule has 1 aromatic carbocycles. The topological polar surface area (TPSA) is 162 Å². The number of amidine groups is 1. The molecule has 0 fully saturated rings. The number of benzene rings is 1. The lowest BCUT2D eigenvalue weighted by atomic mass is 10.0. The summed E-state index contributed by atoms with van der Waals surface area (Å²) in [6.07, 6.45) is 2.74. The van der Waals surface area contributed by atoms with Crippen LogP contribution in [0.3, 0.4) is 0 Å². The fourth-order valence-corrected chi connectivity index (χ4v) is 2.54. The first kappa shape index (κ1) is 13.9. The van der Waals surface area contributed by atoms with Gasteiger partial charge in [0.1, 0.15) is 11.7 Å². The van der Waals surface area contributed by atoms with E-state index in [1.54, 1.807) is 6.07 Å². The van der Waals surface area contributed by atoms with E-state index >= 15 is 0 Å². The summed E-state index contributed by atoms with van der Waals surface area (Å²) in [5.41, 5.74) is 11.6. The van der Waals surface area contributed by atoms with Crippen molar-refractivity contribution in [3.05, 3.63) is 36.2 Å². The zero-order valence-electron chi connectivity index (χ0n) is 10.2. The molecule has 7 N–H and O–H groups in total. The van der Waals surface area contributed by atoms with Gasteiger partial charge in [0, 0.05) is 11.1 Å². The van der Waals surface area contributed by atoms with Gasteiger partial charge in [-0.3, -0.25) is 10.4 Å². The summed E-state index contributed by atoms with van der Waals surface area (Å²) in [5, 5.41) is 12.7. The molecule has 0 aliphatic carbocycles. The lowest BCUT2D eigenvalue weighted by Crippen LogP contribution is -2.21. The Morgan fingerprint density at radius 2 is 1.95 bits per heavy atom. The number of nitrogens with two attached hydrogens (primary N) is 3. The monoisotopic (exact) mass is 292 g/mol. The minimum atomic E-state index is -4.02. The highest BCUT2D eigenvalue weighted by molar-refractivity contribution is 7.89. The first-order chi connectivity index (χ1) is 9.30. The Labute approximate surface area is 115 Å². The van der Waals surface area contributed by atoms with Crippen molar-refractivity contribution in [1.29, 1.82) is 5.41 Å². The number of sulfonamides is 1. The predicted octanol–water partition coefficient (Wildman–Crippen LogP) is -0.343. The van der Waals surface area contributed by atoms with Crippen molar-refractivity contribution in [2.24, 2.45) is 10.9 Å². The van der Waals surface area contributed by atoms with Crippen LogP contribution < -0.4 is 16.6 Å². The average Bonchev–Trinajstić information content (AvgIpc) is 2.36. The van der Waals surface area contributed by atoms with Gasteiger partial charge in [0.2, 0.25) is 10.0 Å². The van der Waals surface area contributed by atoms with Gasteiger partial charge in [-0.2, -0.15) is 0 Å². The van der Waals surface area contributed by atoms with E-state index in [9.17, 15) is 8.42 Å². The molecule has 0 aliphatic heterocycles. The molecule has 0 spiro atoms. The number of anilines is 1. The second-order valence-corrected chi connectivity index (χ2v) is 5.50. The van der Waals surface area contributed by atoms with Crippen LogP contribution in [0.4, 0.5) is 5.82 Å². The van der Waals surface area contributed by atoms with E-state index in [1.807, 2.05) is 0 Å². The van der Waals surface area contributed by atoms with Gasteiger partial charge in [-0.1, -0.05) is 12.1 Å². The number of nitrogen functional groups attached to an aromatic ring is 2. The smallest absolute Gasteiger partial charge is 0.238 e. The van der Waals surface area contributed by atoms with E-state index in [4.69, 9.17) is 22.0 Å². The second kappa shape index (κ2) is 4.87. The third-order valence-corrected chi connectivity index (χ3v) is 3.48. The number of nitrogens with zero attached hydrogens (tertiary/aromatic N) is 2. The number of hydrogen-bond acceptors (Lipinski definition) is 6. The molecule has 1 heterocycles. The molecular formula is C11H12N6O2S. The molecule has 0 amide bonds. The van der Waals surface area contributed by atoms with Crippen molar-refractivity contribution < 1.29 is 8.42 Å². The lowest BCUT2D eigenvalue weighted by molar-refractivity contribution is 0.597. The van der Waals surface area contributed by atoms with Crippen LogP contribution in [0.5, 0.6) is 0 Å². The number of aromatic nitrogens is 2. The molecule has 0 aliphatic rings. The van der Waals surface area contributed by atoms with Crippen molar-refractivity contribution in [3.63, 3.8) is 0 Å². The Bertz CT molecular complexity index is 787. The summed E-state index contributed by atoms with van der Waals surface area (Å²) in [7, 11) is -4.02. The molecule has 1 aromatic heterocycles. The number of nitrogens with one attached hydrogen (secondary N) is 1. The molecule has 8 nitrogen and oxygen atoms in total. The average molecular weight is 292 g/mol. The molecule has 104 valence electrons. The Balaban J connectivity index is 2.81. The van der Waals surface area contributed by atoms with Crippen LogP contribution in [0.25, 0.3) is 11.3 Å². The van der Waals surface area contributed by atoms with Crippen LogP contribution in [0.15, 0.2) is 35.5 Å². The molecular weight excluding hydrogens is 280 g/mol. The lowest BCUT2D eigenvalue weighted by Gasteiger charge is -2.11. The molecule has 2 rings (SSSR count). The van der Waals surface area contributed by atoms with Gasteiger partial charge in [-0.25, -0.2) is 18.5 Å². The van der Waals surface area contributed by atoms with Crippen molar-refractivity contribution >= 4 is 21.7 Å². The largest absolute Gasteiger partial charge is 0.384 e. The van der Waals surface area contributed by atoms with Crippen molar-refractivity contribution in [1.82, 2.24) is 9.97 Å². The van der Waals surface area contributed by atoms with E-state index in [1.165, 1.54) is 24.5 Å². The fourth-order valence-electron chi connectivity index (χ4n) is 1.77. The van der Waals surface area contributed by atoms with Crippen molar-refractivity contribution in [3.8, 4) is 11.3 Å². The molecule has 9 heteroatoms. The summed E-state index contributed by atoms with van der Waals surface area (Å²) in [5.74, 6) is -0.271. The number of hydrogen-bond donors (Lipinski definition) is 4. The number of primary sulfonamides is 1. The molecule has 0 radical (unpaired) electrons. The quantitative estimate of drug-likeness (QED) is 0.446. The van der Waals surface area contributed by atoms with Crippen molar-refractivity contribution in [2.75, 3.05) is 5.73 Å². The van der Waals surface area contributed by atoms with E-state index < -0.39 is 15.9 Å². The molecule has 2 aromatic rings. The molecule has 0 saturated heterocycles. The van der Waals surface area contributed by atoms with Gasteiger partial charge < -0.3 is 11.5 Å². The second-order valence-electron chi connectivity index (χ2n) is 3.97. The Kier molecular flexibility index (Phi) is 3.38. The number of rotatable bonds is 3. The van der Waals surface area contributed by atoms with Crippen LogP contribution in [-0.4, -0.2) is 24.2 Å². The summed E-state index contributed by atoms with van der Waals surface area (Å²) in [4.78, 5) is 7.67. The van der Waals surface area contributed by atoms with E-state index in [-0.39, 0.29) is 16.3 Å². The van der Waals surface area contributed by atoms with Crippen LogP contribution >= 0.6 is 0 Å². The van der Waals surface area contributed by atoms with E-state index in [0.29, 0.717) is 11.3 Å². The van der Waals surface area contributed by atoms with Crippen LogP contribution in [0, 0.1) is 5.41 Å². The standard InChI is InChI=1S/C11H12N6O2S/c12-9-5-16-4-7(17-9)6-2-1-3-8(20(15,18)19)10(6)11(13)14/h1-5H,(H2,12,17)(H3,13,14)(H2,15,18,19). The maximum Gasteiger partial charge on any atom is 0.238 e. The van der Waals surface area contributed by atoms with E-state index in [2.05, 4.69) is 9.97 Å². The van der Waals surface area contributed by atoms with Gasteiger partial charge in [-0.15, -0.1) is 0 Å². The predicted molar refractivity (Wildman–Crippen MR) is 74.3 cm³/mol. The Morgan fingerprint density at radius 3 is 2.50 bits per heavy atom. The molecule has 0 atom stereocenters. The van der Waals surface area contributed by atoms with Crippen LogP contribution in [0.1, 0.15) is 5.56 Å². The first-order valence-electron chi connectivity index (χ1n) is 5.39. The molecule has 20 heavy (non-hydrogen) atoms. The molecule has 0 unspecified atom stereocenters. The molecule has 0 bridgehead atoms. The third kappa shape index (κ3) is 2.58. The fraction of sp³-hybridized carbons (Fsp3) is 0. The zero-order chi connectivity index (χ0) is 14.9. The molecule has 0 saturated carbocycles. The highest BCUT2D eigenvalue weighted by Gasteiger charge is 2.20. The van der Waals surface area contributed by atoms with Gasteiger partial charge in [0.05, 0.1) is 23.0 Å². The minimum absolute atomic E-state index is 0.0186. The summed E-state index contributed by atoms with van der Waals surface area (Å²) < 4.78 is 23.1. The minimum Gasteiger partial charge on any atom is -0.384 e. The summed E-state index contributed by atoms with van der Waals surface area (Å²) in [6.45, 7) is 0. The van der Waals surface area contributed by atoms with Crippen molar-refractivity contribution in [2.45, 2.75) is 4.90 Å². The van der Waals surface area contributed by atoms with E-state index in [0.717, 1.165) is 0 Å². The maximum atomic E-state index is 11.6. The summed E-state index contributed by atoms with van der Waals surface area (Å²) in [6, 6.07) is 4.32. The van der Waals surface area contributed by atoms with Crippen LogP contribution in [-0.2, 0) is 10.0 Å². The first-order valence-corrected chi connectivity index (χ1v) is 6.93.